The van der Waals surface area contributed by atoms with Crippen LogP contribution in [0.1, 0.15) is 5.56 Å². The van der Waals surface area contributed by atoms with E-state index < -0.39 is 0 Å². The number of methoxy groups -OCH3 is 1. The van der Waals surface area contributed by atoms with Crippen LogP contribution in [0.3, 0.4) is 0 Å². The zero-order valence-electron chi connectivity index (χ0n) is 8.87. The summed E-state index contributed by atoms with van der Waals surface area (Å²) in [5, 5.41) is 0. The maximum Gasteiger partial charge on any atom is 0.121 e. The van der Waals surface area contributed by atoms with Crippen molar-refractivity contribution in [3.63, 3.8) is 0 Å². The number of ether oxygens (including phenoxy) is 1. The first-order valence-corrected chi connectivity index (χ1v) is 4.81. The SMILES string of the molecule is COc1cccc(/N=C/c2cncnc2)c1. The molecule has 1 aromatic heterocycles. The topological polar surface area (TPSA) is 47.4 Å². The maximum atomic E-state index is 5.11. The van der Waals surface area contributed by atoms with Crippen LogP contribution < -0.4 is 4.74 Å². The third-order valence-corrected chi connectivity index (χ3v) is 2.00. The van der Waals surface area contributed by atoms with E-state index in [2.05, 4.69) is 15.0 Å². The summed E-state index contributed by atoms with van der Waals surface area (Å²) in [5.41, 5.74) is 1.70. The van der Waals surface area contributed by atoms with Gasteiger partial charge in [-0.05, 0) is 12.1 Å². The molecular weight excluding hydrogens is 202 g/mol. The van der Waals surface area contributed by atoms with E-state index in [1.807, 2.05) is 24.3 Å². The van der Waals surface area contributed by atoms with Crippen molar-refractivity contribution in [1.82, 2.24) is 9.97 Å². The number of rotatable bonds is 3. The minimum Gasteiger partial charge on any atom is -0.497 e. The Morgan fingerprint density at radius 1 is 1.25 bits per heavy atom. The van der Waals surface area contributed by atoms with Gasteiger partial charge in [0.15, 0.2) is 0 Å². The van der Waals surface area contributed by atoms with Crippen LogP contribution in [0.2, 0.25) is 0 Å². The monoisotopic (exact) mass is 213 g/mol. The molecule has 0 bridgehead atoms. The van der Waals surface area contributed by atoms with Crippen molar-refractivity contribution >= 4 is 11.9 Å². The van der Waals surface area contributed by atoms with Gasteiger partial charge in [-0.1, -0.05) is 6.07 Å². The molecule has 0 N–H and O–H groups in total. The van der Waals surface area contributed by atoms with E-state index in [0.717, 1.165) is 17.0 Å². The number of hydrogen-bond donors (Lipinski definition) is 0. The third-order valence-electron chi connectivity index (χ3n) is 2.00. The minimum absolute atomic E-state index is 0.791. The van der Waals surface area contributed by atoms with Crippen molar-refractivity contribution in [2.75, 3.05) is 7.11 Å². The fourth-order valence-electron chi connectivity index (χ4n) is 1.22. The van der Waals surface area contributed by atoms with Crippen molar-refractivity contribution in [3.8, 4) is 5.75 Å². The van der Waals surface area contributed by atoms with Gasteiger partial charge in [0.05, 0.1) is 12.8 Å². The Bertz CT molecular complexity index is 483. The Hall–Kier alpha value is -2.23. The second-order valence-corrected chi connectivity index (χ2v) is 3.13. The molecule has 2 aromatic rings. The third kappa shape index (κ3) is 2.63. The molecular formula is C12H11N3O. The fraction of sp³-hybridized carbons (Fsp3) is 0.0833. The average molecular weight is 213 g/mol. The predicted octanol–water partition coefficient (Wildman–Crippen LogP) is 2.24. The Labute approximate surface area is 93.7 Å². The lowest BCUT2D eigenvalue weighted by atomic mass is 10.3. The molecule has 0 aliphatic heterocycles. The van der Waals surface area contributed by atoms with E-state index in [0.29, 0.717) is 0 Å². The number of nitrogens with zero attached hydrogens (tertiary/aromatic N) is 3. The highest BCUT2D eigenvalue weighted by atomic mass is 16.5. The molecule has 0 aliphatic rings. The van der Waals surface area contributed by atoms with Gasteiger partial charge >= 0.3 is 0 Å². The Kier molecular flexibility index (Phi) is 3.23. The summed E-state index contributed by atoms with van der Waals surface area (Å²) >= 11 is 0. The first-order valence-electron chi connectivity index (χ1n) is 4.81. The first kappa shape index (κ1) is 10.3. The summed E-state index contributed by atoms with van der Waals surface area (Å²) < 4.78 is 5.11. The van der Waals surface area contributed by atoms with E-state index in [9.17, 15) is 0 Å². The van der Waals surface area contributed by atoms with Crippen molar-refractivity contribution in [1.29, 1.82) is 0 Å². The largest absolute Gasteiger partial charge is 0.497 e. The second kappa shape index (κ2) is 5.02. The molecule has 0 unspecified atom stereocenters. The number of benzene rings is 1. The van der Waals surface area contributed by atoms with Gasteiger partial charge < -0.3 is 4.74 Å². The van der Waals surface area contributed by atoms with Gasteiger partial charge in [0, 0.05) is 30.2 Å². The summed E-state index contributed by atoms with van der Waals surface area (Å²) in [5.74, 6) is 0.791. The summed E-state index contributed by atoms with van der Waals surface area (Å²) in [4.78, 5) is 12.1. The lowest BCUT2D eigenvalue weighted by molar-refractivity contribution is 0.415. The molecule has 0 saturated carbocycles. The number of aliphatic imine (C=N–C) groups is 1. The van der Waals surface area contributed by atoms with E-state index in [-0.39, 0.29) is 0 Å². The zero-order valence-corrected chi connectivity index (χ0v) is 8.87. The normalized spacial score (nSPS) is 10.6. The van der Waals surface area contributed by atoms with Gasteiger partial charge in [0.1, 0.15) is 12.1 Å². The molecule has 80 valence electrons. The van der Waals surface area contributed by atoms with E-state index in [1.165, 1.54) is 6.33 Å². The standard InChI is InChI=1S/C12H11N3O/c1-16-12-4-2-3-11(5-12)15-8-10-6-13-9-14-7-10/h2-9H,1H3/b15-8+. The van der Waals surface area contributed by atoms with E-state index >= 15 is 0 Å². The van der Waals surface area contributed by atoms with E-state index in [1.54, 1.807) is 25.7 Å². The Balaban J connectivity index is 2.17. The fourth-order valence-corrected chi connectivity index (χ4v) is 1.22. The van der Waals surface area contributed by atoms with Gasteiger partial charge in [0.25, 0.3) is 0 Å². The van der Waals surface area contributed by atoms with Crippen molar-refractivity contribution < 1.29 is 4.74 Å². The van der Waals surface area contributed by atoms with Gasteiger partial charge in [-0.15, -0.1) is 0 Å². The van der Waals surface area contributed by atoms with Crippen LogP contribution in [0.25, 0.3) is 0 Å². The van der Waals surface area contributed by atoms with Gasteiger partial charge in [0.2, 0.25) is 0 Å². The second-order valence-electron chi connectivity index (χ2n) is 3.13. The van der Waals surface area contributed by atoms with Gasteiger partial charge in [-0.25, -0.2) is 9.97 Å². The van der Waals surface area contributed by atoms with Gasteiger partial charge in [-0.3, -0.25) is 4.99 Å². The molecule has 0 saturated heterocycles. The van der Waals surface area contributed by atoms with Crippen LogP contribution in [-0.2, 0) is 0 Å². The summed E-state index contributed by atoms with van der Waals surface area (Å²) in [6, 6.07) is 7.54. The van der Waals surface area contributed by atoms with Crippen molar-refractivity contribution in [2.24, 2.45) is 4.99 Å². The molecule has 0 amide bonds. The Morgan fingerprint density at radius 2 is 2.06 bits per heavy atom. The molecule has 4 heteroatoms. The summed E-state index contributed by atoms with van der Waals surface area (Å²) in [7, 11) is 1.63. The lowest BCUT2D eigenvalue weighted by Crippen LogP contribution is -1.84. The summed E-state index contributed by atoms with van der Waals surface area (Å²) in [6.45, 7) is 0. The molecule has 0 spiro atoms. The zero-order chi connectivity index (χ0) is 11.2. The lowest BCUT2D eigenvalue weighted by Gasteiger charge is -1.99. The number of hydrogen-bond acceptors (Lipinski definition) is 4. The van der Waals surface area contributed by atoms with Crippen LogP contribution in [0.15, 0.2) is 48.0 Å². The molecule has 4 nitrogen and oxygen atoms in total. The van der Waals surface area contributed by atoms with Crippen molar-refractivity contribution in [2.45, 2.75) is 0 Å². The summed E-state index contributed by atoms with van der Waals surface area (Å²) in [6.07, 6.45) is 6.62. The highest BCUT2D eigenvalue weighted by molar-refractivity contribution is 5.81. The molecule has 0 fully saturated rings. The quantitative estimate of drug-likeness (QED) is 0.734. The van der Waals surface area contributed by atoms with E-state index in [4.69, 9.17) is 4.74 Å². The molecule has 1 heterocycles. The smallest absolute Gasteiger partial charge is 0.121 e. The van der Waals surface area contributed by atoms with Crippen LogP contribution in [-0.4, -0.2) is 23.3 Å². The average Bonchev–Trinajstić information content (AvgIpc) is 2.38. The molecule has 0 aliphatic carbocycles. The first-order chi connectivity index (χ1) is 7.88. The Morgan fingerprint density at radius 3 is 2.81 bits per heavy atom. The van der Waals surface area contributed by atoms with Crippen LogP contribution >= 0.6 is 0 Å². The molecule has 1 aromatic carbocycles. The molecule has 16 heavy (non-hydrogen) atoms. The highest BCUT2D eigenvalue weighted by Crippen LogP contribution is 2.19. The molecule has 0 atom stereocenters. The van der Waals surface area contributed by atoms with Crippen LogP contribution in [0.5, 0.6) is 5.75 Å². The predicted molar refractivity (Wildman–Crippen MR) is 62.3 cm³/mol. The van der Waals surface area contributed by atoms with Gasteiger partial charge in [-0.2, -0.15) is 0 Å². The van der Waals surface area contributed by atoms with Crippen molar-refractivity contribution in [3.05, 3.63) is 48.5 Å². The highest BCUT2D eigenvalue weighted by Gasteiger charge is 1.92. The van der Waals surface area contributed by atoms with Crippen LogP contribution in [0.4, 0.5) is 5.69 Å². The maximum absolute atomic E-state index is 5.11. The number of aromatic nitrogens is 2. The van der Waals surface area contributed by atoms with Crippen LogP contribution in [0, 0.1) is 0 Å². The molecule has 0 radical (unpaired) electrons. The molecule has 2 rings (SSSR count). The minimum atomic E-state index is 0.791.